The lowest BCUT2D eigenvalue weighted by molar-refractivity contribution is -0.217. The number of fused-ring (bicyclic) bond motifs is 1. The second-order valence-corrected chi connectivity index (χ2v) is 7.50. The van der Waals surface area contributed by atoms with E-state index < -0.39 is 0 Å². The monoisotopic (exact) mass is 267 g/mol. The van der Waals surface area contributed by atoms with Crippen LogP contribution in [0.15, 0.2) is 0 Å². The average Bonchev–Trinajstić information content (AvgIpc) is 2.37. The van der Waals surface area contributed by atoms with Gasteiger partial charge in [0.15, 0.2) is 0 Å². The predicted octanol–water partition coefficient (Wildman–Crippen LogP) is 2.84. The van der Waals surface area contributed by atoms with Crippen LogP contribution in [0.4, 0.5) is 0 Å². The Hall–Kier alpha value is -0.120. The number of piperidine rings is 1. The molecule has 3 fully saturated rings. The Morgan fingerprint density at radius 2 is 1.74 bits per heavy atom. The number of hydrogen-bond donors (Lipinski definition) is 0. The van der Waals surface area contributed by atoms with Crippen molar-refractivity contribution in [1.29, 1.82) is 0 Å². The topological polar surface area (TPSA) is 21.7 Å². The summed E-state index contributed by atoms with van der Waals surface area (Å²) in [6.07, 6.45) is 6.15. The van der Waals surface area contributed by atoms with E-state index >= 15 is 0 Å². The molecule has 0 aromatic heterocycles. The van der Waals surface area contributed by atoms with Crippen molar-refractivity contribution in [1.82, 2.24) is 4.90 Å². The molecule has 3 heterocycles. The fourth-order valence-electron chi connectivity index (χ4n) is 4.25. The number of likely N-dealkylation sites (tertiary alicyclic amines) is 1. The minimum Gasteiger partial charge on any atom is -0.381 e. The molecule has 3 rings (SSSR count). The number of hydrogen-bond acceptors (Lipinski definition) is 3. The molecule has 0 radical (unpaired) electrons. The van der Waals surface area contributed by atoms with Crippen LogP contribution in [-0.2, 0) is 9.47 Å². The van der Waals surface area contributed by atoms with Gasteiger partial charge in [-0.1, -0.05) is 0 Å². The van der Waals surface area contributed by atoms with Gasteiger partial charge in [-0.25, -0.2) is 0 Å². The summed E-state index contributed by atoms with van der Waals surface area (Å²) in [5, 5.41) is 0. The molecular formula is C16H29NO2. The lowest BCUT2D eigenvalue weighted by Gasteiger charge is -2.54. The maximum Gasteiger partial charge on any atom is 0.0714 e. The van der Waals surface area contributed by atoms with Crippen molar-refractivity contribution in [2.24, 2.45) is 5.92 Å². The van der Waals surface area contributed by atoms with Gasteiger partial charge in [-0.15, -0.1) is 0 Å². The van der Waals surface area contributed by atoms with Gasteiger partial charge >= 0.3 is 0 Å². The zero-order valence-corrected chi connectivity index (χ0v) is 12.8. The van der Waals surface area contributed by atoms with Gasteiger partial charge in [-0.3, -0.25) is 4.90 Å². The first kappa shape index (κ1) is 13.8. The highest BCUT2D eigenvalue weighted by atomic mass is 16.5. The fraction of sp³-hybridized carbons (Fsp3) is 1.00. The molecule has 19 heavy (non-hydrogen) atoms. The Morgan fingerprint density at radius 1 is 1.00 bits per heavy atom. The largest absolute Gasteiger partial charge is 0.381 e. The molecule has 0 aromatic carbocycles. The first-order valence-corrected chi connectivity index (χ1v) is 8.01. The summed E-state index contributed by atoms with van der Waals surface area (Å²) in [7, 11) is 0. The van der Waals surface area contributed by atoms with Gasteiger partial charge in [-0.2, -0.15) is 0 Å². The zero-order valence-electron chi connectivity index (χ0n) is 12.8. The third-order valence-corrected chi connectivity index (χ3v) is 5.53. The standard InChI is InChI=1S/C16H29NO2/c1-15(2)7-4-13-12-17(9-8-16(13,3)19-15)14-5-10-18-11-6-14/h13-14H,4-12H2,1-3H3/t13-,16+/m0/s1. The molecule has 0 spiro atoms. The Labute approximate surface area is 117 Å². The summed E-state index contributed by atoms with van der Waals surface area (Å²) in [5.74, 6) is 0.720. The first-order chi connectivity index (χ1) is 8.99. The van der Waals surface area contributed by atoms with Crippen molar-refractivity contribution in [2.45, 2.75) is 70.1 Å². The van der Waals surface area contributed by atoms with Crippen molar-refractivity contribution >= 4 is 0 Å². The molecule has 3 heteroatoms. The Kier molecular flexibility index (Phi) is 3.65. The number of rotatable bonds is 1. The van der Waals surface area contributed by atoms with Gasteiger partial charge in [0, 0.05) is 38.3 Å². The zero-order chi connectivity index (χ0) is 13.5. The van der Waals surface area contributed by atoms with E-state index in [2.05, 4.69) is 25.7 Å². The maximum atomic E-state index is 6.45. The highest BCUT2D eigenvalue weighted by Crippen LogP contribution is 2.44. The lowest BCUT2D eigenvalue weighted by Crippen LogP contribution is -2.59. The summed E-state index contributed by atoms with van der Waals surface area (Å²) in [6, 6.07) is 0.758. The lowest BCUT2D eigenvalue weighted by atomic mass is 9.74. The van der Waals surface area contributed by atoms with Gasteiger partial charge in [0.1, 0.15) is 0 Å². The fourth-order valence-corrected chi connectivity index (χ4v) is 4.25. The highest BCUT2D eigenvalue weighted by Gasteiger charge is 2.47. The van der Waals surface area contributed by atoms with Gasteiger partial charge < -0.3 is 9.47 Å². The van der Waals surface area contributed by atoms with Crippen LogP contribution in [0, 0.1) is 5.92 Å². The molecule has 110 valence electrons. The van der Waals surface area contributed by atoms with Gasteiger partial charge in [-0.05, 0) is 52.9 Å². The normalized spacial score (nSPS) is 40.9. The molecule has 0 N–H and O–H groups in total. The third kappa shape index (κ3) is 2.84. The minimum absolute atomic E-state index is 0.0755. The molecule has 0 aliphatic carbocycles. The molecule has 3 aliphatic heterocycles. The predicted molar refractivity (Wildman–Crippen MR) is 76.3 cm³/mol. The van der Waals surface area contributed by atoms with Crippen LogP contribution in [0.2, 0.25) is 0 Å². The quantitative estimate of drug-likeness (QED) is 0.729. The van der Waals surface area contributed by atoms with E-state index in [1.165, 1.54) is 45.2 Å². The van der Waals surface area contributed by atoms with Crippen molar-refractivity contribution in [2.75, 3.05) is 26.3 Å². The Morgan fingerprint density at radius 3 is 2.47 bits per heavy atom. The van der Waals surface area contributed by atoms with E-state index in [0.29, 0.717) is 0 Å². The first-order valence-electron chi connectivity index (χ1n) is 8.01. The number of nitrogens with zero attached hydrogens (tertiary/aromatic N) is 1. The molecule has 3 nitrogen and oxygen atoms in total. The molecule has 0 aromatic rings. The van der Waals surface area contributed by atoms with Crippen molar-refractivity contribution in [3.05, 3.63) is 0 Å². The maximum absolute atomic E-state index is 6.45. The van der Waals surface area contributed by atoms with E-state index in [0.717, 1.165) is 25.2 Å². The van der Waals surface area contributed by atoms with Gasteiger partial charge in [0.05, 0.1) is 11.2 Å². The van der Waals surface area contributed by atoms with Crippen LogP contribution >= 0.6 is 0 Å². The molecule has 3 saturated heterocycles. The summed E-state index contributed by atoms with van der Waals surface area (Å²) < 4.78 is 11.9. The molecule has 0 saturated carbocycles. The summed E-state index contributed by atoms with van der Waals surface area (Å²) in [4.78, 5) is 2.72. The molecule has 3 aliphatic rings. The Balaban J connectivity index is 1.64. The van der Waals surface area contributed by atoms with E-state index in [-0.39, 0.29) is 11.2 Å². The molecule has 0 bridgehead atoms. The minimum atomic E-state index is 0.0755. The summed E-state index contributed by atoms with van der Waals surface area (Å²) >= 11 is 0. The van der Waals surface area contributed by atoms with E-state index in [1.807, 2.05) is 0 Å². The molecule has 0 amide bonds. The van der Waals surface area contributed by atoms with Gasteiger partial charge in [0.2, 0.25) is 0 Å². The van der Waals surface area contributed by atoms with E-state index in [1.54, 1.807) is 0 Å². The van der Waals surface area contributed by atoms with Gasteiger partial charge in [0.25, 0.3) is 0 Å². The SMILES string of the molecule is CC1(C)CC[C@H]2CN(C3CCOCC3)CC[C@@]2(C)O1. The van der Waals surface area contributed by atoms with Crippen LogP contribution < -0.4 is 0 Å². The summed E-state index contributed by atoms with van der Waals surface area (Å²) in [6.45, 7) is 11.2. The molecule has 0 unspecified atom stereocenters. The second-order valence-electron chi connectivity index (χ2n) is 7.50. The third-order valence-electron chi connectivity index (χ3n) is 5.53. The number of ether oxygens (including phenoxy) is 2. The van der Waals surface area contributed by atoms with E-state index in [4.69, 9.17) is 9.47 Å². The average molecular weight is 267 g/mol. The highest BCUT2D eigenvalue weighted by molar-refractivity contribution is 4.98. The van der Waals surface area contributed by atoms with Crippen LogP contribution in [0.5, 0.6) is 0 Å². The summed E-state index contributed by atoms with van der Waals surface area (Å²) in [5.41, 5.74) is 0.190. The second kappa shape index (κ2) is 5.01. The van der Waals surface area contributed by atoms with Crippen LogP contribution in [0.3, 0.4) is 0 Å². The molecular weight excluding hydrogens is 238 g/mol. The van der Waals surface area contributed by atoms with Crippen LogP contribution in [0.1, 0.15) is 52.9 Å². The molecule has 2 atom stereocenters. The van der Waals surface area contributed by atoms with Crippen molar-refractivity contribution in [3.8, 4) is 0 Å². The van der Waals surface area contributed by atoms with E-state index in [9.17, 15) is 0 Å². The Bertz CT molecular complexity index is 325. The smallest absolute Gasteiger partial charge is 0.0714 e. The van der Waals surface area contributed by atoms with Crippen molar-refractivity contribution < 1.29 is 9.47 Å². The van der Waals surface area contributed by atoms with Crippen LogP contribution in [-0.4, -0.2) is 48.4 Å². The van der Waals surface area contributed by atoms with Crippen LogP contribution in [0.25, 0.3) is 0 Å². The van der Waals surface area contributed by atoms with Crippen molar-refractivity contribution in [3.63, 3.8) is 0 Å².